The standard InChI is InChI=1S/C14H21F2NO/c1-4-17-14(8-5-10(2)18-3)12-9-11(15)6-7-13(12)16/h6-7,9-10,14,17H,4-5,8H2,1-3H3. The Balaban J connectivity index is 2.79. The van der Waals surface area contributed by atoms with Crippen molar-refractivity contribution in [2.45, 2.75) is 38.8 Å². The van der Waals surface area contributed by atoms with Crippen molar-refractivity contribution < 1.29 is 13.5 Å². The zero-order valence-electron chi connectivity index (χ0n) is 11.2. The maximum Gasteiger partial charge on any atom is 0.128 e. The van der Waals surface area contributed by atoms with Crippen molar-refractivity contribution >= 4 is 0 Å². The summed E-state index contributed by atoms with van der Waals surface area (Å²) in [5.74, 6) is -0.776. The summed E-state index contributed by atoms with van der Waals surface area (Å²) in [7, 11) is 1.65. The molecule has 0 amide bonds. The second kappa shape index (κ2) is 7.44. The Morgan fingerprint density at radius 1 is 1.28 bits per heavy atom. The Kier molecular flexibility index (Phi) is 6.22. The van der Waals surface area contributed by atoms with Gasteiger partial charge in [0.1, 0.15) is 11.6 Å². The van der Waals surface area contributed by atoms with Crippen molar-refractivity contribution in [2.75, 3.05) is 13.7 Å². The van der Waals surface area contributed by atoms with Gasteiger partial charge in [0, 0.05) is 18.7 Å². The van der Waals surface area contributed by atoms with Crippen molar-refractivity contribution in [3.63, 3.8) is 0 Å². The first kappa shape index (κ1) is 15.1. The lowest BCUT2D eigenvalue weighted by molar-refractivity contribution is 0.106. The van der Waals surface area contributed by atoms with Gasteiger partial charge in [-0.3, -0.25) is 0 Å². The highest BCUT2D eigenvalue weighted by Gasteiger charge is 2.16. The molecule has 18 heavy (non-hydrogen) atoms. The molecular weight excluding hydrogens is 236 g/mol. The van der Waals surface area contributed by atoms with Crippen molar-refractivity contribution in [1.82, 2.24) is 5.32 Å². The molecule has 102 valence electrons. The van der Waals surface area contributed by atoms with E-state index in [2.05, 4.69) is 5.32 Å². The van der Waals surface area contributed by atoms with Crippen LogP contribution in [0.2, 0.25) is 0 Å². The van der Waals surface area contributed by atoms with Crippen LogP contribution in [0.1, 0.15) is 38.3 Å². The summed E-state index contributed by atoms with van der Waals surface area (Å²) in [5, 5.41) is 3.18. The fraction of sp³-hybridized carbons (Fsp3) is 0.571. The number of methoxy groups -OCH3 is 1. The average Bonchev–Trinajstić information content (AvgIpc) is 2.37. The molecule has 0 aromatic heterocycles. The van der Waals surface area contributed by atoms with Crippen LogP contribution in [0.15, 0.2) is 18.2 Å². The third kappa shape index (κ3) is 4.35. The van der Waals surface area contributed by atoms with Gasteiger partial charge in [-0.2, -0.15) is 0 Å². The molecule has 0 aliphatic rings. The fourth-order valence-electron chi connectivity index (χ4n) is 1.91. The Bertz CT molecular complexity index is 371. The normalized spacial score (nSPS) is 14.5. The van der Waals surface area contributed by atoms with Gasteiger partial charge in [-0.25, -0.2) is 8.78 Å². The maximum atomic E-state index is 13.7. The van der Waals surface area contributed by atoms with Gasteiger partial charge in [-0.1, -0.05) is 6.92 Å². The molecule has 0 heterocycles. The van der Waals surface area contributed by atoms with Crippen LogP contribution < -0.4 is 5.32 Å². The Labute approximate surface area is 107 Å². The fourth-order valence-corrected chi connectivity index (χ4v) is 1.91. The third-order valence-electron chi connectivity index (χ3n) is 3.05. The van der Waals surface area contributed by atoms with Crippen molar-refractivity contribution in [2.24, 2.45) is 0 Å². The molecule has 1 aromatic rings. The van der Waals surface area contributed by atoms with Crippen LogP contribution in [0, 0.1) is 11.6 Å². The van der Waals surface area contributed by atoms with Crippen LogP contribution in [0.4, 0.5) is 8.78 Å². The van der Waals surface area contributed by atoms with Gasteiger partial charge in [0.2, 0.25) is 0 Å². The topological polar surface area (TPSA) is 21.3 Å². The third-order valence-corrected chi connectivity index (χ3v) is 3.05. The molecule has 0 aliphatic carbocycles. The van der Waals surface area contributed by atoms with Crippen LogP contribution >= 0.6 is 0 Å². The van der Waals surface area contributed by atoms with E-state index in [9.17, 15) is 8.78 Å². The quantitative estimate of drug-likeness (QED) is 0.808. The monoisotopic (exact) mass is 257 g/mol. The number of nitrogens with one attached hydrogen (secondary N) is 1. The summed E-state index contributed by atoms with van der Waals surface area (Å²) in [5.41, 5.74) is 0.389. The lowest BCUT2D eigenvalue weighted by Gasteiger charge is -2.20. The number of rotatable bonds is 7. The first-order valence-electron chi connectivity index (χ1n) is 6.29. The van der Waals surface area contributed by atoms with Crippen LogP contribution in [-0.2, 0) is 4.74 Å². The molecule has 0 bridgehead atoms. The number of ether oxygens (including phenoxy) is 1. The molecule has 2 nitrogen and oxygen atoms in total. The first-order valence-corrected chi connectivity index (χ1v) is 6.29. The molecule has 1 rings (SSSR count). The summed E-state index contributed by atoms with van der Waals surface area (Å²) in [6.45, 7) is 4.62. The van der Waals surface area contributed by atoms with Gasteiger partial charge in [0.15, 0.2) is 0 Å². The largest absolute Gasteiger partial charge is 0.382 e. The van der Waals surface area contributed by atoms with E-state index < -0.39 is 5.82 Å². The molecule has 2 unspecified atom stereocenters. The first-order chi connectivity index (χ1) is 8.58. The summed E-state index contributed by atoms with van der Waals surface area (Å²) >= 11 is 0. The Morgan fingerprint density at radius 3 is 2.61 bits per heavy atom. The lowest BCUT2D eigenvalue weighted by Crippen LogP contribution is -2.23. The average molecular weight is 257 g/mol. The van der Waals surface area contributed by atoms with Gasteiger partial charge in [0.05, 0.1) is 6.10 Å². The van der Waals surface area contributed by atoms with Crippen LogP contribution in [-0.4, -0.2) is 19.8 Å². The summed E-state index contributed by atoms with van der Waals surface area (Å²) in [6, 6.07) is 3.40. The van der Waals surface area contributed by atoms with Crippen molar-refractivity contribution in [3.05, 3.63) is 35.4 Å². The van der Waals surface area contributed by atoms with Gasteiger partial charge in [-0.15, -0.1) is 0 Å². The number of halogens is 2. The molecule has 0 fully saturated rings. The minimum Gasteiger partial charge on any atom is -0.382 e. The van der Waals surface area contributed by atoms with Gasteiger partial charge < -0.3 is 10.1 Å². The summed E-state index contributed by atoms with van der Waals surface area (Å²) in [4.78, 5) is 0. The van der Waals surface area contributed by atoms with Crippen molar-refractivity contribution in [1.29, 1.82) is 0 Å². The molecule has 4 heteroatoms. The summed E-state index contributed by atoms with van der Waals surface area (Å²) < 4.78 is 32.1. The van der Waals surface area contributed by atoms with E-state index in [4.69, 9.17) is 4.74 Å². The van der Waals surface area contributed by atoms with Gasteiger partial charge >= 0.3 is 0 Å². The number of benzene rings is 1. The van der Waals surface area contributed by atoms with E-state index in [1.165, 1.54) is 12.1 Å². The molecule has 0 radical (unpaired) electrons. The smallest absolute Gasteiger partial charge is 0.128 e. The predicted molar refractivity (Wildman–Crippen MR) is 68.5 cm³/mol. The SMILES string of the molecule is CCNC(CCC(C)OC)c1cc(F)ccc1F. The molecule has 2 atom stereocenters. The van der Waals surface area contributed by atoms with E-state index in [1.807, 2.05) is 13.8 Å². The second-order valence-electron chi connectivity index (χ2n) is 4.40. The number of hydrogen-bond acceptors (Lipinski definition) is 2. The highest BCUT2D eigenvalue weighted by atomic mass is 19.1. The second-order valence-corrected chi connectivity index (χ2v) is 4.40. The van der Waals surface area contributed by atoms with E-state index in [1.54, 1.807) is 7.11 Å². The zero-order valence-corrected chi connectivity index (χ0v) is 11.2. The molecular formula is C14H21F2NO. The highest BCUT2D eigenvalue weighted by Crippen LogP contribution is 2.23. The van der Waals surface area contributed by atoms with Crippen LogP contribution in [0.3, 0.4) is 0 Å². The van der Waals surface area contributed by atoms with E-state index in [0.717, 1.165) is 12.5 Å². The van der Waals surface area contributed by atoms with Gasteiger partial charge in [-0.05, 0) is 44.5 Å². The Morgan fingerprint density at radius 2 is 2.00 bits per heavy atom. The lowest BCUT2D eigenvalue weighted by atomic mass is 9.99. The van der Waals surface area contributed by atoms with E-state index >= 15 is 0 Å². The molecule has 0 spiro atoms. The molecule has 0 saturated carbocycles. The minimum atomic E-state index is -0.408. The Hall–Kier alpha value is -1.00. The van der Waals surface area contributed by atoms with Gasteiger partial charge in [0.25, 0.3) is 0 Å². The predicted octanol–water partition coefficient (Wildman–Crippen LogP) is 3.43. The van der Waals surface area contributed by atoms with E-state index in [-0.39, 0.29) is 18.0 Å². The number of hydrogen-bond donors (Lipinski definition) is 1. The molecule has 0 saturated heterocycles. The van der Waals surface area contributed by atoms with Crippen molar-refractivity contribution in [3.8, 4) is 0 Å². The molecule has 0 aliphatic heterocycles. The van der Waals surface area contributed by atoms with Crippen LogP contribution in [0.25, 0.3) is 0 Å². The maximum absolute atomic E-state index is 13.7. The molecule has 1 aromatic carbocycles. The zero-order chi connectivity index (χ0) is 13.5. The van der Waals surface area contributed by atoms with Crippen LogP contribution in [0.5, 0.6) is 0 Å². The summed E-state index contributed by atoms with van der Waals surface area (Å²) in [6.07, 6.45) is 1.62. The minimum absolute atomic E-state index is 0.114. The highest BCUT2D eigenvalue weighted by molar-refractivity contribution is 5.22. The molecule has 1 N–H and O–H groups in total. The van der Waals surface area contributed by atoms with E-state index in [0.29, 0.717) is 18.5 Å².